The minimum atomic E-state index is 0.391. The molecule has 0 unspecified atom stereocenters. The largest absolute Gasteiger partial charge is 0.488 e. The van der Waals surface area contributed by atoms with Gasteiger partial charge in [-0.05, 0) is 71.7 Å². The van der Waals surface area contributed by atoms with Gasteiger partial charge in [-0.25, -0.2) is 4.98 Å². The molecule has 1 aromatic rings. The second-order valence-electron chi connectivity index (χ2n) is 6.45. The second kappa shape index (κ2) is 4.63. The van der Waals surface area contributed by atoms with Gasteiger partial charge in [0.05, 0.1) is 4.47 Å². The fraction of sp³-hybridized carbons (Fsp3) is 0.667. The summed E-state index contributed by atoms with van der Waals surface area (Å²) in [5, 5.41) is 0.502. The third kappa shape index (κ3) is 2.19. The van der Waals surface area contributed by atoms with Crippen LogP contribution >= 0.6 is 27.5 Å². The van der Waals surface area contributed by atoms with Crippen molar-refractivity contribution < 1.29 is 4.74 Å². The summed E-state index contributed by atoms with van der Waals surface area (Å²) in [4.78, 5) is 4.06. The molecule has 4 aliphatic rings. The number of nitrogens with zero attached hydrogens (tertiary/aromatic N) is 1. The molecule has 0 atom stereocenters. The summed E-state index contributed by atoms with van der Waals surface area (Å²) in [6.07, 6.45) is 9.07. The van der Waals surface area contributed by atoms with Crippen LogP contribution < -0.4 is 4.74 Å². The molecular weight excluding hydrogens is 326 g/mol. The van der Waals surface area contributed by atoms with Crippen molar-refractivity contribution in [2.75, 3.05) is 0 Å². The maximum absolute atomic E-state index is 6.33. The first-order valence-corrected chi connectivity index (χ1v) is 8.34. The Morgan fingerprint density at radius 2 is 1.74 bits per heavy atom. The quantitative estimate of drug-likeness (QED) is 0.727. The molecule has 4 saturated carbocycles. The SMILES string of the molecule is Clc1cc(OC2[C@H]3C[C@H]4C[C@H](C3)C[C@H]2C4)c(Br)cn1. The van der Waals surface area contributed by atoms with E-state index in [4.69, 9.17) is 16.3 Å². The normalized spacial score (nSPS) is 39.6. The molecule has 19 heavy (non-hydrogen) atoms. The summed E-state index contributed by atoms with van der Waals surface area (Å²) < 4.78 is 7.24. The summed E-state index contributed by atoms with van der Waals surface area (Å²) in [6, 6.07) is 1.83. The van der Waals surface area contributed by atoms with Gasteiger partial charge >= 0.3 is 0 Å². The molecule has 102 valence electrons. The van der Waals surface area contributed by atoms with Gasteiger partial charge in [0.2, 0.25) is 0 Å². The lowest BCUT2D eigenvalue weighted by Gasteiger charge is -2.53. The van der Waals surface area contributed by atoms with Crippen molar-refractivity contribution >= 4 is 27.5 Å². The lowest BCUT2D eigenvalue weighted by atomic mass is 9.55. The smallest absolute Gasteiger partial charge is 0.138 e. The third-order valence-electron chi connectivity index (χ3n) is 5.19. The van der Waals surface area contributed by atoms with Crippen LogP contribution in [0.4, 0.5) is 0 Å². The van der Waals surface area contributed by atoms with E-state index in [1.54, 1.807) is 6.20 Å². The standard InChI is InChI=1S/C15H17BrClNO/c16-12-7-18-14(17)6-13(12)19-15-10-2-8-1-9(4-10)5-11(15)3-8/h6-11,15H,1-5H2/t8-,9-,10-,11+,15?. The van der Waals surface area contributed by atoms with E-state index in [0.29, 0.717) is 11.3 Å². The van der Waals surface area contributed by atoms with Gasteiger partial charge in [-0.1, -0.05) is 11.6 Å². The Labute approximate surface area is 127 Å². The Kier molecular flexibility index (Phi) is 3.03. The van der Waals surface area contributed by atoms with Gasteiger partial charge in [-0.3, -0.25) is 0 Å². The average Bonchev–Trinajstić information content (AvgIpc) is 2.37. The van der Waals surface area contributed by atoms with Crippen molar-refractivity contribution in [3.8, 4) is 5.75 Å². The molecule has 5 rings (SSSR count). The van der Waals surface area contributed by atoms with E-state index < -0.39 is 0 Å². The van der Waals surface area contributed by atoms with Gasteiger partial charge in [0.25, 0.3) is 0 Å². The predicted octanol–water partition coefficient (Wildman–Crippen LogP) is 4.70. The molecule has 0 spiro atoms. The fourth-order valence-corrected chi connectivity index (χ4v) is 5.16. The molecule has 0 amide bonds. The van der Waals surface area contributed by atoms with E-state index in [1.807, 2.05) is 6.07 Å². The van der Waals surface area contributed by atoms with Crippen LogP contribution in [0.5, 0.6) is 5.75 Å². The van der Waals surface area contributed by atoms with E-state index in [1.165, 1.54) is 32.1 Å². The maximum atomic E-state index is 6.33. The lowest BCUT2D eigenvalue weighted by molar-refractivity contribution is -0.0792. The minimum Gasteiger partial charge on any atom is -0.488 e. The summed E-state index contributed by atoms with van der Waals surface area (Å²) in [6.45, 7) is 0. The van der Waals surface area contributed by atoms with Gasteiger partial charge in [0.15, 0.2) is 0 Å². The molecule has 0 aliphatic heterocycles. The molecule has 1 heterocycles. The molecular formula is C15H17BrClNO. The first-order chi connectivity index (χ1) is 9.19. The van der Waals surface area contributed by atoms with Crippen molar-refractivity contribution in [3.05, 3.63) is 21.9 Å². The van der Waals surface area contributed by atoms with Crippen LogP contribution in [0.1, 0.15) is 32.1 Å². The lowest BCUT2D eigenvalue weighted by Crippen LogP contribution is -2.50. The number of hydrogen-bond donors (Lipinski definition) is 0. The Balaban J connectivity index is 1.58. The van der Waals surface area contributed by atoms with Crippen molar-refractivity contribution in [1.29, 1.82) is 0 Å². The Morgan fingerprint density at radius 3 is 2.37 bits per heavy atom. The summed E-state index contributed by atoms with van der Waals surface area (Å²) in [7, 11) is 0. The van der Waals surface area contributed by atoms with Crippen LogP contribution in [0.25, 0.3) is 0 Å². The van der Waals surface area contributed by atoms with E-state index in [-0.39, 0.29) is 0 Å². The van der Waals surface area contributed by atoms with Crippen molar-refractivity contribution in [3.63, 3.8) is 0 Å². The number of hydrogen-bond acceptors (Lipinski definition) is 2. The molecule has 2 nitrogen and oxygen atoms in total. The maximum Gasteiger partial charge on any atom is 0.138 e. The van der Waals surface area contributed by atoms with Crippen LogP contribution in [0, 0.1) is 23.7 Å². The highest BCUT2D eigenvalue weighted by Gasteiger charge is 2.49. The molecule has 4 aliphatic carbocycles. The van der Waals surface area contributed by atoms with Gasteiger partial charge < -0.3 is 4.74 Å². The van der Waals surface area contributed by atoms with Crippen LogP contribution in [-0.4, -0.2) is 11.1 Å². The van der Waals surface area contributed by atoms with Crippen molar-refractivity contribution in [1.82, 2.24) is 4.98 Å². The number of pyridine rings is 1. The number of halogens is 2. The second-order valence-corrected chi connectivity index (χ2v) is 7.69. The first-order valence-electron chi connectivity index (χ1n) is 7.16. The molecule has 0 N–H and O–H groups in total. The highest BCUT2D eigenvalue weighted by molar-refractivity contribution is 9.10. The molecule has 0 saturated heterocycles. The van der Waals surface area contributed by atoms with Crippen LogP contribution in [0.2, 0.25) is 5.15 Å². The summed E-state index contributed by atoms with van der Waals surface area (Å²) >= 11 is 9.48. The zero-order valence-corrected chi connectivity index (χ0v) is 13.0. The molecule has 4 bridgehead atoms. The minimum absolute atomic E-state index is 0.391. The average molecular weight is 343 g/mol. The number of aromatic nitrogens is 1. The molecule has 1 aromatic heterocycles. The van der Waals surface area contributed by atoms with Gasteiger partial charge in [-0.2, -0.15) is 0 Å². The van der Waals surface area contributed by atoms with Crippen LogP contribution in [0.3, 0.4) is 0 Å². The number of rotatable bonds is 2. The highest BCUT2D eigenvalue weighted by atomic mass is 79.9. The van der Waals surface area contributed by atoms with E-state index in [9.17, 15) is 0 Å². The molecule has 4 fully saturated rings. The molecule has 4 heteroatoms. The van der Waals surface area contributed by atoms with E-state index in [2.05, 4.69) is 20.9 Å². The first kappa shape index (κ1) is 12.5. The Morgan fingerprint density at radius 1 is 1.11 bits per heavy atom. The highest BCUT2D eigenvalue weighted by Crippen LogP contribution is 2.54. The topological polar surface area (TPSA) is 22.1 Å². The van der Waals surface area contributed by atoms with Crippen molar-refractivity contribution in [2.45, 2.75) is 38.2 Å². The van der Waals surface area contributed by atoms with Crippen molar-refractivity contribution in [2.24, 2.45) is 23.7 Å². The van der Waals surface area contributed by atoms with E-state index in [0.717, 1.165) is 33.9 Å². The zero-order valence-electron chi connectivity index (χ0n) is 10.7. The van der Waals surface area contributed by atoms with Gasteiger partial charge in [0.1, 0.15) is 17.0 Å². The monoisotopic (exact) mass is 341 g/mol. The van der Waals surface area contributed by atoms with Gasteiger partial charge in [0, 0.05) is 12.3 Å². The molecule has 0 aromatic carbocycles. The zero-order chi connectivity index (χ0) is 13.0. The van der Waals surface area contributed by atoms with Gasteiger partial charge in [-0.15, -0.1) is 0 Å². The predicted molar refractivity (Wildman–Crippen MR) is 78.4 cm³/mol. The fourth-order valence-electron chi connectivity index (χ4n) is 4.70. The third-order valence-corrected chi connectivity index (χ3v) is 5.99. The number of ether oxygens (including phenoxy) is 1. The summed E-state index contributed by atoms with van der Waals surface area (Å²) in [5.41, 5.74) is 0. The van der Waals surface area contributed by atoms with Crippen LogP contribution in [-0.2, 0) is 0 Å². The molecule has 0 radical (unpaired) electrons. The van der Waals surface area contributed by atoms with E-state index >= 15 is 0 Å². The summed E-state index contributed by atoms with van der Waals surface area (Å²) in [5.74, 6) is 4.33. The Bertz CT molecular complexity index is 479. The van der Waals surface area contributed by atoms with Crippen LogP contribution in [0.15, 0.2) is 16.7 Å². The Hall–Kier alpha value is -0.280.